The van der Waals surface area contributed by atoms with Gasteiger partial charge in [-0.2, -0.15) is 0 Å². The summed E-state index contributed by atoms with van der Waals surface area (Å²) in [5, 5.41) is 5.88. The second kappa shape index (κ2) is 6.57. The number of benzene rings is 3. The summed E-state index contributed by atoms with van der Waals surface area (Å²) in [4.78, 5) is 14.8. The largest absolute Gasteiger partial charge is 0.383 e. The van der Waals surface area contributed by atoms with E-state index in [1.165, 1.54) is 10.8 Å². The third kappa shape index (κ3) is 2.85. The number of nitrogens with one attached hydrogen (secondary N) is 1. The summed E-state index contributed by atoms with van der Waals surface area (Å²) in [6.45, 7) is 1.04. The van der Waals surface area contributed by atoms with Crippen molar-refractivity contribution in [2.75, 3.05) is 25.6 Å². The first-order valence-electron chi connectivity index (χ1n) is 8.42. The Hall–Kier alpha value is -2.85. The molecule has 1 amide bonds. The summed E-state index contributed by atoms with van der Waals surface area (Å²) in [6, 6.07) is 22.2. The quantitative estimate of drug-likeness (QED) is 0.783. The first-order chi connectivity index (χ1) is 12.3. The van der Waals surface area contributed by atoms with E-state index in [0.29, 0.717) is 18.7 Å². The summed E-state index contributed by atoms with van der Waals surface area (Å²) >= 11 is 0. The standard InChI is InChI=1S/C21H20N2O2/c1-25-13-12-23-20(22-19-9-5-4-8-18(19)21(23)24)17-11-10-15-6-2-3-7-16(15)14-17/h2-11,14,20,22H,12-13H2,1H3. The lowest BCUT2D eigenvalue weighted by atomic mass is 10.0. The molecule has 0 radical (unpaired) electrons. The second-order valence-electron chi connectivity index (χ2n) is 6.19. The Bertz CT molecular complexity index is 922. The number of carbonyl (C=O) groups excluding carboxylic acids is 1. The van der Waals surface area contributed by atoms with Crippen LogP contribution in [-0.4, -0.2) is 31.1 Å². The smallest absolute Gasteiger partial charge is 0.257 e. The summed E-state index contributed by atoms with van der Waals surface area (Å²) in [7, 11) is 1.65. The van der Waals surface area contributed by atoms with Crippen LogP contribution in [-0.2, 0) is 4.74 Å². The van der Waals surface area contributed by atoms with Gasteiger partial charge in [-0.1, -0.05) is 48.5 Å². The molecule has 126 valence electrons. The Morgan fingerprint density at radius 3 is 2.60 bits per heavy atom. The highest BCUT2D eigenvalue weighted by Crippen LogP contribution is 2.33. The maximum atomic E-state index is 13.0. The van der Waals surface area contributed by atoms with E-state index < -0.39 is 0 Å². The fraction of sp³-hybridized carbons (Fsp3) is 0.190. The van der Waals surface area contributed by atoms with Gasteiger partial charge in [0.05, 0.1) is 12.2 Å². The molecule has 0 saturated heterocycles. The van der Waals surface area contributed by atoms with Crippen LogP contribution in [0, 0.1) is 0 Å². The van der Waals surface area contributed by atoms with Crippen molar-refractivity contribution in [2.24, 2.45) is 0 Å². The van der Waals surface area contributed by atoms with Crippen LogP contribution in [0.2, 0.25) is 0 Å². The molecule has 1 aliphatic rings. The van der Waals surface area contributed by atoms with E-state index in [1.54, 1.807) is 7.11 Å². The molecule has 4 heteroatoms. The lowest BCUT2D eigenvalue weighted by molar-refractivity contribution is 0.0609. The van der Waals surface area contributed by atoms with E-state index in [4.69, 9.17) is 4.74 Å². The zero-order chi connectivity index (χ0) is 17.2. The van der Waals surface area contributed by atoms with Crippen LogP contribution >= 0.6 is 0 Å². The molecule has 1 N–H and O–H groups in total. The van der Waals surface area contributed by atoms with Crippen molar-refractivity contribution in [3.8, 4) is 0 Å². The van der Waals surface area contributed by atoms with Gasteiger partial charge in [-0.05, 0) is 34.5 Å². The summed E-state index contributed by atoms with van der Waals surface area (Å²) < 4.78 is 5.21. The van der Waals surface area contributed by atoms with Crippen molar-refractivity contribution in [2.45, 2.75) is 6.17 Å². The van der Waals surface area contributed by atoms with Crippen molar-refractivity contribution >= 4 is 22.4 Å². The molecule has 0 aliphatic carbocycles. The number of rotatable bonds is 4. The molecule has 1 heterocycles. The fourth-order valence-electron chi connectivity index (χ4n) is 3.35. The van der Waals surface area contributed by atoms with Gasteiger partial charge in [0.15, 0.2) is 0 Å². The van der Waals surface area contributed by atoms with Crippen molar-refractivity contribution in [1.82, 2.24) is 4.90 Å². The molecule has 0 spiro atoms. The highest BCUT2D eigenvalue weighted by molar-refractivity contribution is 6.01. The van der Waals surface area contributed by atoms with Crippen LogP contribution in [0.15, 0.2) is 66.7 Å². The number of nitrogens with zero attached hydrogens (tertiary/aromatic N) is 1. The molecule has 4 rings (SSSR count). The van der Waals surface area contributed by atoms with Crippen LogP contribution in [0.3, 0.4) is 0 Å². The molecule has 0 bridgehead atoms. The Labute approximate surface area is 147 Å². The molecule has 3 aromatic rings. The SMILES string of the molecule is COCCN1C(=O)c2ccccc2NC1c1ccc2ccccc2c1. The van der Waals surface area contributed by atoms with E-state index >= 15 is 0 Å². The molecule has 0 fully saturated rings. The third-order valence-corrected chi connectivity index (χ3v) is 4.65. The van der Waals surface area contributed by atoms with Gasteiger partial charge >= 0.3 is 0 Å². The third-order valence-electron chi connectivity index (χ3n) is 4.65. The van der Waals surface area contributed by atoms with Gasteiger partial charge in [-0.3, -0.25) is 4.79 Å². The molecular weight excluding hydrogens is 312 g/mol. The Kier molecular flexibility index (Phi) is 4.12. The van der Waals surface area contributed by atoms with Crippen molar-refractivity contribution in [1.29, 1.82) is 0 Å². The highest BCUT2D eigenvalue weighted by atomic mass is 16.5. The highest BCUT2D eigenvalue weighted by Gasteiger charge is 2.32. The molecule has 1 unspecified atom stereocenters. The van der Waals surface area contributed by atoms with Gasteiger partial charge in [0.1, 0.15) is 6.17 Å². The molecular formula is C21H20N2O2. The minimum atomic E-state index is -0.206. The number of methoxy groups -OCH3 is 1. The number of hydrogen-bond donors (Lipinski definition) is 1. The normalized spacial score (nSPS) is 16.6. The number of carbonyl (C=O) groups is 1. The van der Waals surface area contributed by atoms with Gasteiger partial charge in [0.25, 0.3) is 5.91 Å². The molecule has 0 aromatic heterocycles. The lowest BCUT2D eigenvalue weighted by Crippen LogP contribution is -2.44. The van der Waals surface area contributed by atoms with Crippen LogP contribution in [0.1, 0.15) is 22.1 Å². The minimum absolute atomic E-state index is 0.0320. The van der Waals surface area contributed by atoms with Crippen LogP contribution in [0.4, 0.5) is 5.69 Å². The zero-order valence-corrected chi connectivity index (χ0v) is 14.1. The number of anilines is 1. The summed E-state index contributed by atoms with van der Waals surface area (Å²) in [6.07, 6.45) is -0.206. The van der Waals surface area contributed by atoms with E-state index in [-0.39, 0.29) is 12.1 Å². The first kappa shape index (κ1) is 15.7. The summed E-state index contributed by atoms with van der Waals surface area (Å²) in [5.74, 6) is 0.0320. The number of hydrogen-bond acceptors (Lipinski definition) is 3. The molecule has 4 nitrogen and oxygen atoms in total. The summed E-state index contributed by atoms with van der Waals surface area (Å²) in [5.41, 5.74) is 2.65. The van der Waals surface area contributed by atoms with Crippen LogP contribution in [0.25, 0.3) is 10.8 Å². The van der Waals surface area contributed by atoms with Gasteiger partial charge in [0.2, 0.25) is 0 Å². The molecule has 3 aromatic carbocycles. The zero-order valence-electron chi connectivity index (χ0n) is 14.1. The van der Waals surface area contributed by atoms with Gasteiger partial charge in [-0.25, -0.2) is 0 Å². The monoisotopic (exact) mass is 332 g/mol. The van der Waals surface area contributed by atoms with Crippen molar-refractivity contribution < 1.29 is 9.53 Å². The average molecular weight is 332 g/mol. The Morgan fingerprint density at radius 1 is 1.00 bits per heavy atom. The van der Waals surface area contributed by atoms with E-state index in [1.807, 2.05) is 41.3 Å². The van der Waals surface area contributed by atoms with Crippen molar-refractivity contribution in [3.05, 3.63) is 77.9 Å². The van der Waals surface area contributed by atoms with Gasteiger partial charge in [0, 0.05) is 19.3 Å². The van der Waals surface area contributed by atoms with E-state index in [0.717, 1.165) is 11.3 Å². The maximum Gasteiger partial charge on any atom is 0.257 e. The predicted molar refractivity (Wildman–Crippen MR) is 99.7 cm³/mol. The topological polar surface area (TPSA) is 41.6 Å². The molecule has 1 atom stereocenters. The fourth-order valence-corrected chi connectivity index (χ4v) is 3.35. The Balaban J connectivity index is 1.77. The van der Waals surface area contributed by atoms with Crippen LogP contribution < -0.4 is 5.32 Å². The minimum Gasteiger partial charge on any atom is -0.383 e. The molecule has 25 heavy (non-hydrogen) atoms. The van der Waals surface area contributed by atoms with Gasteiger partial charge < -0.3 is 15.0 Å². The number of ether oxygens (including phenoxy) is 1. The first-order valence-corrected chi connectivity index (χ1v) is 8.42. The van der Waals surface area contributed by atoms with E-state index in [2.05, 4.69) is 35.6 Å². The lowest BCUT2D eigenvalue weighted by Gasteiger charge is -2.38. The number of para-hydroxylation sites is 1. The second-order valence-corrected chi connectivity index (χ2v) is 6.19. The molecule has 1 aliphatic heterocycles. The number of amides is 1. The van der Waals surface area contributed by atoms with Gasteiger partial charge in [-0.15, -0.1) is 0 Å². The molecule has 0 saturated carbocycles. The van der Waals surface area contributed by atoms with Crippen molar-refractivity contribution in [3.63, 3.8) is 0 Å². The number of fused-ring (bicyclic) bond motifs is 2. The van der Waals surface area contributed by atoms with E-state index in [9.17, 15) is 4.79 Å². The predicted octanol–water partition coefficient (Wildman–Crippen LogP) is 4.05. The Morgan fingerprint density at radius 2 is 1.76 bits per heavy atom. The average Bonchev–Trinajstić information content (AvgIpc) is 2.67. The maximum absolute atomic E-state index is 13.0. The van der Waals surface area contributed by atoms with Crippen LogP contribution in [0.5, 0.6) is 0 Å².